The average molecular weight is 377 g/mol. The summed E-state index contributed by atoms with van der Waals surface area (Å²) in [7, 11) is 0. The molecule has 0 radical (unpaired) electrons. The van der Waals surface area contributed by atoms with Crippen molar-refractivity contribution in [2.75, 3.05) is 5.32 Å². The number of aryl methyl sites for hydroxylation is 1. The van der Waals surface area contributed by atoms with Gasteiger partial charge in [-0.15, -0.1) is 21.5 Å². The number of anilines is 1. The van der Waals surface area contributed by atoms with E-state index in [-0.39, 0.29) is 5.91 Å². The lowest BCUT2D eigenvalue weighted by atomic mass is 10.2. The Morgan fingerprint density at radius 1 is 1.21 bits per heavy atom. The molecule has 0 spiro atoms. The Morgan fingerprint density at radius 2 is 1.96 bits per heavy atom. The fourth-order valence-corrected chi connectivity index (χ4v) is 4.26. The van der Waals surface area contributed by atoms with E-state index in [1.165, 1.54) is 35.5 Å². The number of halogens is 1. The summed E-state index contributed by atoms with van der Waals surface area (Å²) in [6.07, 6.45) is 2.34. The molecule has 0 saturated heterocycles. The highest BCUT2D eigenvalue weighted by Crippen LogP contribution is 2.42. The molecule has 0 atom stereocenters. The molecule has 0 aliphatic heterocycles. The number of hydrogen-bond acceptors (Lipinski definition) is 6. The predicted octanol–water partition coefficient (Wildman–Crippen LogP) is 4.75. The molecule has 2 heterocycles. The van der Waals surface area contributed by atoms with Gasteiger partial charge in [-0.25, -0.2) is 4.98 Å². The van der Waals surface area contributed by atoms with Crippen molar-refractivity contribution in [1.82, 2.24) is 15.2 Å². The van der Waals surface area contributed by atoms with E-state index < -0.39 is 0 Å². The molecule has 1 saturated carbocycles. The van der Waals surface area contributed by atoms with Crippen LogP contribution in [0, 0.1) is 6.92 Å². The fourth-order valence-electron chi connectivity index (χ4n) is 2.26. The van der Waals surface area contributed by atoms with E-state index in [9.17, 15) is 4.79 Å². The van der Waals surface area contributed by atoms with Crippen LogP contribution in [0.2, 0.25) is 5.02 Å². The summed E-state index contributed by atoms with van der Waals surface area (Å²) >= 11 is 8.73. The summed E-state index contributed by atoms with van der Waals surface area (Å²) < 4.78 is 0. The first-order valence-electron chi connectivity index (χ1n) is 7.48. The van der Waals surface area contributed by atoms with Gasteiger partial charge in [-0.05, 0) is 31.9 Å². The minimum Gasteiger partial charge on any atom is -0.296 e. The standard InChI is InChI=1S/C16H13ClN4OS2/c1-8-12(23-14(18-8)9-4-6-11(17)7-5-9)13(22)19-16-21-20-15(24-16)10-2-3-10/h4-7,10H,2-3H2,1H3,(H,19,21,22). The summed E-state index contributed by atoms with van der Waals surface area (Å²) in [5, 5.41) is 14.0. The van der Waals surface area contributed by atoms with Gasteiger partial charge in [-0.1, -0.05) is 35.1 Å². The van der Waals surface area contributed by atoms with Gasteiger partial charge in [-0.3, -0.25) is 10.1 Å². The van der Waals surface area contributed by atoms with E-state index in [4.69, 9.17) is 11.6 Å². The molecule has 0 bridgehead atoms. The second-order valence-corrected chi connectivity index (χ2v) is 8.06. The molecule has 4 rings (SSSR count). The smallest absolute Gasteiger partial charge is 0.269 e. The minimum absolute atomic E-state index is 0.191. The molecule has 122 valence electrons. The summed E-state index contributed by atoms with van der Waals surface area (Å²) in [4.78, 5) is 17.6. The average Bonchev–Trinajstić information content (AvgIpc) is 3.19. The zero-order chi connectivity index (χ0) is 16.7. The van der Waals surface area contributed by atoms with Crippen LogP contribution in [0.4, 0.5) is 5.13 Å². The van der Waals surface area contributed by atoms with Crippen LogP contribution < -0.4 is 5.32 Å². The molecule has 1 aliphatic rings. The van der Waals surface area contributed by atoms with E-state index in [1.54, 1.807) is 0 Å². The molecule has 1 N–H and O–H groups in total. The summed E-state index contributed by atoms with van der Waals surface area (Å²) in [5.74, 6) is 0.346. The normalized spacial score (nSPS) is 13.9. The maximum Gasteiger partial charge on any atom is 0.269 e. The molecule has 1 amide bonds. The number of nitrogens with one attached hydrogen (secondary N) is 1. The zero-order valence-electron chi connectivity index (χ0n) is 12.7. The Labute approximate surface area is 151 Å². The number of carbonyl (C=O) groups is 1. The van der Waals surface area contributed by atoms with Crippen molar-refractivity contribution in [1.29, 1.82) is 0 Å². The second kappa shape index (κ2) is 6.23. The zero-order valence-corrected chi connectivity index (χ0v) is 15.1. The van der Waals surface area contributed by atoms with Gasteiger partial charge in [0.1, 0.15) is 14.9 Å². The molecular formula is C16H13ClN4OS2. The van der Waals surface area contributed by atoms with Gasteiger partial charge in [0.15, 0.2) is 0 Å². The lowest BCUT2D eigenvalue weighted by molar-refractivity contribution is 0.102. The third kappa shape index (κ3) is 3.19. The van der Waals surface area contributed by atoms with Crippen LogP contribution in [0.1, 0.15) is 39.1 Å². The van der Waals surface area contributed by atoms with E-state index >= 15 is 0 Å². The molecule has 8 heteroatoms. The molecular weight excluding hydrogens is 364 g/mol. The highest BCUT2D eigenvalue weighted by atomic mass is 35.5. The van der Waals surface area contributed by atoms with E-state index in [0.29, 0.717) is 26.6 Å². The lowest BCUT2D eigenvalue weighted by Crippen LogP contribution is -2.11. The van der Waals surface area contributed by atoms with Gasteiger partial charge in [0, 0.05) is 16.5 Å². The summed E-state index contributed by atoms with van der Waals surface area (Å²) in [6, 6.07) is 7.42. The van der Waals surface area contributed by atoms with Crippen LogP contribution >= 0.6 is 34.3 Å². The Kier molecular flexibility index (Phi) is 4.07. The third-order valence-corrected chi connectivity index (χ3v) is 6.14. The number of nitrogens with zero attached hydrogens (tertiary/aromatic N) is 3. The van der Waals surface area contributed by atoms with Crippen LogP contribution in [-0.4, -0.2) is 21.1 Å². The molecule has 0 unspecified atom stereocenters. The highest BCUT2D eigenvalue weighted by molar-refractivity contribution is 7.17. The van der Waals surface area contributed by atoms with Crippen molar-refractivity contribution < 1.29 is 4.79 Å². The van der Waals surface area contributed by atoms with Crippen LogP contribution in [0.3, 0.4) is 0 Å². The number of amides is 1. The highest BCUT2D eigenvalue weighted by Gasteiger charge is 2.28. The summed E-state index contributed by atoms with van der Waals surface area (Å²) in [6.45, 7) is 1.83. The Hall–Kier alpha value is -1.83. The van der Waals surface area contributed by atoms with Gasteiger partial charge < -0.3 is 0 Å². The number of benzene rings is 1. The van der Waals surface area contributed by atoms with Gasteiger partial charge in [0.2, 0.25) is 5.13 Å². The number of rotatable bonds is 4. The predicted molar refractivity (Wildman–Crippen MR) is 97.1 cm³/mol. The van der Waals surface area contributed by atoms with E-state index in [2.05, 4.69) is 20.5 Å². The first-order valence-corrected chi connectivity index (χ1v) is 9.49. The minimum atomic E-state index is -0.191. The van der Waals surface area contributed by atoms with E-state index in [0.717, 1.165) is 15.6 Å². The monoisotopic (exact) mass is 376 g/mol. The molecule has 3 aromatic rings. The Morgan fingerprint density at radius 3 is 2.67 bits per heavy atom. The van der Waals surface area contributed by atoms with Crippen molar-refractivity contribution in [3.8, 4) is 10.6 Å². The van der Waals surface area contributed by atoms with Gasteiger partial charge in [0.05, 0.1) is 5.69 Å². The van der Waals surface area contributed by atoms with Crippen LogP contribution in [0.15, 0.2) is 24.3 Å². The van der Waals surface area contributed by atoms with Gasteiger partial charge in [-0.2, -0.15) is 0 Å². The van der Waals surface area contributed by atoms with Crippen LogP contribution in [0.25, 0.3) is 10.6 Å². The SMILES string of the molecule is Cc1nc(-c2ccc(Cl)cc2)sc1C(=O)Nc1nnc(C2CC2)s1. The third-order valence-electron chi connectivity index (χ3n) is 3.68. The van der Waals surface area contributed by atoms with Crippen LogP contribution in [-0.2, 0) is 0 Å². The van der Waals surface area contributed by atoms with Gasteiger partial charge in [0.25, 0.3) is 5.91 Å². The number of thiazole rings is 1. The largest absolute Gasteiger partial charge is 0.296 e. The maximum atomic E-state index is 12.5. The topological polar surface area (TPSA) is 67.8 Å². The molecule has 1 aliphatic carbocycles. The Balaban J connectivity index is 1.54. The fraction of sp³-hybridized carbons (Fsp3) is 0.250. The molecule has 1 aromatic carbocycles. The van der Waals surface area contributed by atoms with Crippen molar-refractivity contribution in [3.05, 3.63) is 44.9 Å². The van der Waals surface area contributed by atoms with Crippen LogP contribution in [0.5, 0.6) is 0 Å². The van der Waals surface area contributed by atoms with E-state index in [1.807, 2.05) is 31.2 Å². The molecule has 24 heavy (non-hydrogen) atoms. The first kappa shape index (κ1) is 15.7. The lowest BCUT2D eigenvalue weighted by Gasteiger charge is -1.98. The van der Waals surface area contributed by atoms with Crippen molar-refractivity contribution in [2.45, 2.75) is 25.7 Å². The summed E-state index contributed by atoms with van der Waals surface area (Å²) in [5.41, 5.74) is 1.65. The number of hydrogen-bond donors (Lipinski definition) is 1. The molecule has 5 nitrogen and oxygen atoms in total. The maximum absolute atomic E-state index is 12.5. The van der Waals surface area contributed by atoms with Crippen molar-refractivity contribution in [2.24, 2.45) is 0 Å². The molecule has 2 aromatic heterocycles. The first-order chi connectivity index (χ1) is 11.6. The Bertz CT molecular complexity index is 899. The molecule has 1 fully saturated rings. The quantitative estimate of drug-likeness (QED) is 0.713. The number of aromatic nitrogens is 3. The van der Waals surface area contributed by atoms with Gasteiger partial charge >= 0.3 is 0 Å². The second-order valence-electron chi connectivity index (χ2n) is 5.61. The van der Waals surface area contributed by atoms with Crippen molar-refractivity contribution in [3.63, 3.8) is 0 Å². The number of carbonyl (C=O) groups excluding carboxylic acids is 1. The van der Waals surface area contributed by atoms with Crippen molar-refractivity contribution >= 4 is 45.3 Å².